The van der Waals surface area contributed by atoms with Crippen LogP contribution < -0.4 is 0 Å². The van der Waals surface area contributed by atoms with E-state index in [4.69, 9.17) is 16.6 Å². The van der Waals surface area contributed by atoms with Gasteiger partial charge in [0.05, 0.1) is 0 Å². The maximum absolute atomic E-state index is 5.84. The predicted octanol–water partition coefficient (Wildman–Crippen LogP) is 2.82. The van der Waals surface area contributed by atoms with Crippen LogP contribution in [0.2, 0.25) is 0 Å². The van der Waals surface area contributed by atoms with Crippen molar-refractivity contribution in [2.45, 2.75) is 51.9 Å². The van der Waals surface area contributed by atoms with Crippen LogP contribution in [0.5, 0.6) is 0 Å². The molecule has 0 aromatic rings. The second-order valence-corrected chi connectivity index (χ2v) is 11.1. The fourth-order valence-corrected chi connectivity index (χ4v) is 5.80. The second-order valence-electron chi connectivity index (χ2n) is 4.94. The van der Waals surface area contributed by atoms with Crippen LogP contribution >= 0.6 is 6.19 Å². The first-order chi connectivity index (χ1) is 7.38. The summed E-state index contributed by atoms with van der Waals surface area (Å²) >= 11 is 8.96. The molecule has 0 aliphatic carbocycles. The van der Waals surface area contributed by atoms with Crippen LogP contribution in [0, 0.1) is 0 Å². The Morgan fingerprint density at radius 2 is 1.62 bits per heavy atom. The Morgan fingerprint density at radius 3 is 2.00 bits per heavy atom. The van der Waals surface area contributed by atoms with Crippen LogP contribution in [0.25, 0.3) is 0 Å². The SMILES string of the molecule is CC(C)P(=S)(/N=C(\[Se-])N1CCCC1)C(C)C. The number of likely N-dealkylation sites (tertiary alicyclic amines) is 1. The third-order valence-corrected chi connectivity index (χ3v) is 10.4. The standard InChI is InChI=1S/C11H23N2PSSe/c1-9(2)14(15,10(3)4)12-11(16)13-7-5-6-8-13/h9-10H,5-8H2,1-4H3,(H,12,15,16)/p-1. The molecule has 2 nitrogen and oxygen atoms in total. The second kappa shape index (κ2) is 6.00. The number of rotatable bonds is 3. The van der Waals surface area contributed by atoms with Crippen molar-refractivity contribution in [2.24, 2.45) is 4.76 Å². The molecule has 1 fully saturated rings. The van der Waals surface area contributed by atoms with E-state index < -0.39 is 6.19 Å². The van der Waals surface area contributed by atoms with E-state index in [0.717, 1.165) is 17.8 Å². The van der Waals surface area contributed by atoms with E-state index in [9.17, 15) is 0 Å². The molecule has 1 rings (SSSR count). The van der Waals surface area contributed by atoms with Gasteiger partial charge in [-0.3, -0.25) is 0 Å². The minimum absolute atomic E-state index is 0.494. The number of hydrogen-bond donors (Lipinski definition) is 0. The van der Waals surface area contributed by atoms with Crippen molar-refractivity contribution in [2.75, 3.05) is 13.1 Å². The summed E-state index contributed by atoms with van der Waals surface area (Å²) < 4.78 is 5.96. The van der Waals surface area contributed by atoms with Gasteiger partial charge in [0.1, 0.15) is 0 Å². The Kier molecular flexibility index (Phi) is 5.51. The molecule has 16 heavy (non-hydrogen) atoms. The van der Waals surface area contributed by atoms with Crippen LogP contribution in [0.1, 0.15) is 40.5 Å². The molecule has 94 valence electrons. The average molecular weight is 324 g/mol. The molecule has 0 aromatic carbocycles. The Bertz CT molecular complexity index is 297. The first kappa shape index (κ1) is 14.7. The van der Waals surface area contributed by atoms with Crippen molar-refractivity contribution >= 4 is 38.7 Å². The number of amidine groups is 1. The van der Waals surface area contributed by atoms with Crippen molar-refractivity contribution in [1.29, 1.82) is 0 Å². The molecule has 0 atom stereocenters. The Hall–Kier alpha value is 0.639. The van der Waals surface area contributed by atoms with E-state index in [2.05, 4.69) is 48.6 Å². The van der Waals surface area contributed by atoms with E-state index in [1.807, 2.05) is 0 Å². The van der Waals surface area contributed by atoms with Crippen LogP contribution in [-0.4, -0.2) is 50.1 Å². The molecule has 0 bridgehead atoms. The molecule has 1 saturated heterocycles. The summed E-state index contributed by atoms with van der Waals surface area (Å²) in [4.78, 5) is 2.34. The van der Waals surface area contributed by atoms with E-state index >= 15 is 0 Å². The van der Waals surface area contributed by atoms with Crippen LogP contribution in [0.4, 0.5) is 0 Å². The number of nitrogens with zero attached hydrogens (tertiary/aromatic N) is 2. The van der Waals surface area contributed by atoms with Gasteiger partial charge in [-0.1, -0.05) is 0 Å². The van der Waals surface area contributed by atoms with Gasteiger partial charge in [-0.2, -0.15) is 0 Å². The summed E-state index contributed by atoms with van der Waals surface area (Å²) in [5.41, 5.74) is 0.988. The molecular weight excluding hydrogens is 302 g/mol. The van der Waals surface area contributed by atoms with Gasteiger partial charge >= 0.3 is 113 Å². The van der Waals surface area contributed by atoms with E-state index in [0.29, 0.717) is 11.3 Å². The molecule has 0 radical (unpaired) electrons. The maximum atomic E-state index is 5.84. The fourth-order valence-electron chi connectivity index (χ4n) is 1.93. The molecule has 0 spiro atoms. The molecule has 1 heterocycles. The van der Waals surface area contributed by atoms with Crippen LogP contribution in [-0.2, 0) is 11.8 Å². The molecule has 0 saturated carbocycles. The van der Waals surface area contributed by atoms with Crippen molar-refractivity contribution < 1.29 is 0 Å². The van der Waals surface area contributed by atoms with Gasteiger partial charge in [0, 0.05) is 0 Å². The van der Waals surface area contributed by atoms with Crippen molar-refractivity contribution in [3.63, 3.8) is 0 Å². The molecule has 1 aliphatic heterocycles. The van der Waals surface area contributed by atoms with Gasteiger partial charge in [-0.25, -0.2) is 0 Å². The van der Waals surface area contributed by atoms with Crippen molar-refractivity contribution in [3.8, 4) is 0 Å². The van der Waals surface area contributed by atoms with Crippen molar-refractivity contribution in [3.05, 3.63) is 0 Å². The molecule has 0 unspecified atom stereocenters. The van der Waals surface area contributed by atoms with Crippen LogP contribution in [0.3, 0.4) is 0 Å². The molecular formula is C11H22N2PSSe-. The minimum atomic E-state index is -1.62. The quantitative estimate of drug-likeness (QED) is 0.343. The van der Waals surface area contributed by atoms with E-state index in [1.165, 1.54) is 12.8 Å². The van der Waals surface area contributed by atoms with Crippen molar-refractivity contribution in [1.82, 2.24) is 4.90 Å². The summed E-state index contributed by atoms with van der Waals surface area (Å²) in [5.74, 6) is 0. The molecule has 1 aliphatic rings. The Labute approximate surface area is 113 Å². The van der Waals surface area contributed by atoms with E-state index in [-0.39, 0.29) is 0 Å². The third kappa shape index (κ3) is 3.32. The van der Waals surface area contributed by atoms with Gasteiger partial charge in [-0.15, -0.1) is 0 Å². The van der Waals surface area contributed by atoms with E-state index in [1.54, 1.807) is 0 Å². The zero-order valence-electron chi connectivity index (χ0n) is 10.6. The monoisotopic (exact) mass is 325 g/mol. The molecule has 0 amide bonds. The molecule has 0 N–H and O–H groups in total. The average Bonchev–Trinajstić information content (AvgIpc) is 2.69. The van der Waals surface area contributed by atoms with Gasteiger partial charge in [0.25, 0.3) is 0 Å². The van der Waals surface area contributed by atoms with Gasteiger partial charge < -0.3 is 0 Å². The summed E-state index contributed by atoms with van der Waals surface area (Å²) in [6.07, 6.45) is 0.946. The van der Waals surface area contributed by atoms with Crippen LogP contribution in [0.15, 0.2) is 4.76 Å². The number of hydrogen-bond acceptors (Lipinski definition) is 1. The fraction of sp³-hybridized carbons (Fsp3) is 0.909. The Morgan fingerprint density at radius 1 is 1.19 bits per heavy atom. The third-order valence-electron chi connectivity index (χ3n) is 3.10. The first-order valence-electron chi connectivity index (χ1n) is 5.99. The molecule has 0 aromatic heterocycles. The zero-order valence-corrected chi connectivity index (χ0v) is 14.1. The first-order valence-corrected chi connectivity index (χ1v) is 9.74. The summed E-state index contributed by atoms with van der Waals surface area (Å²) in [6, 6.07) is 0. The predicted molar refractivity (Wildman–Crippen MR) is 78.6 cm³/mol. The molecule has 5 heteroatoms. The summed E-state index contributed by atoms with van der Waals surface area (Å²) in [6.45, 7) is 11.1. The van der Waals surface area contributed by atoms with Gasteiger partial charge in [0.15, 0.2) is 0 Å². The van der Waals surface area contributed by atoms with Gasteiger partial charge in [0.2, 0.25) is 0 Å². The van der Waals surface area contributed by atoms with Gasteiger partial charge in [-0.05, 0) is 0 Å². The topological polar surface area (TPSA) is 15.6 Å². The summed E-state index contributed by atoms with van der Waals surface area (Å²) in [5, 5.41) is 0. The Balaban J connectivity index is 2.89. The zero-order chi connectivity index (χ0) is 12.3. The summed E-state index contributed by atoms with van der Waals surface area (Å²) in [7, 11) is 0. The normalized spacial score (nSPS) is 18.9.